The molecule has 6 heteroatoms. The number of nitrogens with zero attached hydrogens (tertiary/aromatic N) is 1. The molecule has 2 aromatic carbocycles. The van der Waals surface area contributed by atoms with Crippen molar-refractivity contribution in [2.45, 2.75) is 12.3 Å². The topological polar surface area (TPSA) is 51.2 Å². The van der Waals surface area contributed by atoms with Gasteiger partial charge in [-0.1, -0.05) is 77.8 Å². The van der Waals surface area contributed by atoms with Gasteiger partial charge in [-0.05, 0) is 40.8 Å². The van der Waals surface area contributed by atoms with Crippen LogP contribution in [0.1, 0.15) is 29.2 Å². The number of halogens is 2. The number of hydrogen-bond donors (Lipinski definition) is 1. The molecule has 0 radical (unpaired) electrons. The van der Waals surface area contributed by atoms with Crippen molar-refractivity contribution in [3.8, 4) is 11.1 Å². The molecule has 0 fully saturated rings. The van der Waals surface area contributed by atoms with Crippen LogP contribution in [0.25, 0.3) is 17.2 Å². The van der Waals surface area contributed by atoms with Crippen molar-refractivity contribution >= 4 is 35.4 Å². The highest BCUT2D eigenvalue weighted by Crippen LogP contribution is 2.44. The Bertz CT molecular complexity index is 1050. The van der Waals surface area contributed by atoms with E-state index in [1.165, 1.54) is 22.3 Å². The largest absolute Gasteiger partial charge is 0.449 e. The Balaban J connectivity index is 1.28. The van der Waals surface area contributed by atoms with Crippen LogP contribution in [0.4, 0.5) is 4.79 Å². The van der Waals surface area contributed by atoms with E-state index in [9.17, 15) is 4.79 Å². The van der Waals surface area contributed by atoms with E-state index in [0.29, 0.717) is 35.3 Å². The number of pyridine rings is 1. The van der Waals surface area contributed by atoms with Crippen molar-refractivity contribution in [2.24, 2.45) is 0 Å². The first-order chi connectivity index (χ1) is 14.6. The van der Waals surface area contributed by atoms with Gasteiger partial charge < -0.3 is 10.1 Å². The fraction of sp³-hybridized carbons (Fsp3) is 0.167. The van der Waals surface area contributed by atoms with Crippen LogP contribution >= 0.6 is 23.2 Å². The molecule has 0 aliphatic heterocycles. The van der Waals surface area contributed by atoms with E-state index in [1.807, 2.05) is 30.3 Å². The maximum atomic E-state index is 12.1. The van der Waals surface area contributed by atoms with Crippen LogP contribution in [-0.4, -0.2) is 24.2 Å². The predicted octanol–water partition coefficient (Wildman–Crippen LogP) is 6.33. The Kier molecular flexibility index (Phi) is 6.36. The van der Waals surface area contributed by atoms with Crippen LogP contribution in [0.2, 0.25) is 10.0 Å². The van der Waals surface area contributed by atoms with Crippen LogP contribution in [0.3, 0.4) is 0 Å². The van der Waals surface area contributed by atoms with Gasteiger partial charge >= 0.3 is 6.09 Å². The number of hydrogen-bond acceptors (Lipinski definition) is 3. The first kappa shape index (κ1) is 20.5. The third-order valence-corrected chi connectivity index (χ3v) is 5.55. The van der Waals surface area contributed by atoms with E-state index in [4.69, 9.17) is 27.9 Å². The molecule has 1 amide bonds. The number of ether oxygens (including phenoxy) is 1. The third-order valence-electron chi connectivity index (χ3n) is 5.04. The molecule has 4 rings (SSSR count). The van der Waals surface area contributed by atoms with Crippen molar-refractivity contribution in [1.29, 1.82) is 0 Å². The van der Waals surface area contributed by atoms with E-state index in [0.717, 1.165) is 0 Å². The molecule has 1 aliphatic rings. The molecule has 152 valence electrons. The molecule has 0 unspecified atom stereocenters. The minimum Gasteiger partial charge on any atom is -0.449 e. The zero-order valence-corrected chi connectivity index (χ0v) is 17.7. The molecule has 1 heterocycles. The summed E-state index contributed by atoms with van der Waals surface area (Å²) >= 11 is 11.9. The summed E-state index contributed by atoms with van der Waals surface area (Å²) in [6, 6.07) is 18.2. The van der Waals surface area contributed by atoms with Crippen LogP contribution in [0.15, 0.2) is 66.9 Å². The van der Waals surface area contributed by atoms with Crippen molar-refractivity contribution in [3.63, 3.8) is 0 Å². The fourth-order valence-electron chi connectivity index (χ4n) is 3.65. The van der Waals surface area contributed by atoms with Crippen molar-refractivity contribution < 1.29 is 9.53 Å². The molecule has 0 spiro atoms. The second-order valence-electron chi connectivity index (χ2n) is 6.96. The van der Waals surface area contributed by atoms with E-state index >= 15 is 0 Å². The van der Waals surface area contributed by atoms with E-state index in [2.05, 4.69) is 34.6 Å². The van der Waals surface area contributed by atoms with Crippen LogP contribution < -0.4 is 5.32 Å². The van der Waals surface area contributed by atoms with Crippen LogP contribution in [-0.2, 0) is 4.74 Å². The highest BCUT2D eigenvalue weighted by molar-refractivity contribution is 6.35. The SMILES string of the molecule is O=C(NCCC=Cc1ncc(Cl)cc1Cl)OCC1c2ccccc2-c2ccccc21. The van der Waals surface area contributed by atoms with Crippen molar-refractivity contribution in [2.75, 3.05) is 13.2 Å². The minimum atomic E-state index is -0.423. The Morgan fingerprint density at radius 1 is 1.07 bits per heavy atom. The number of aromatic nitrogens is 1. The molecule has 0 atom stereocenters. The summed E-state index contributed by atoms with van der Waals surface area (Å²) in [4.78, 5) is 16.3. The lowest BCUT2D eigenvalue weighted by molar-refractivity contribution is 0.143. The second-order valence-corrected chi connectivity index (χ2v) is 7.81. The highest BCUT2D eigenvalue weighted by atomic mass is 35.5. The number of benzene rings is 2. The van der Waals surface area contributed by atoms with Gasteiger partial charge in [0.25, 0.3) is 0 Å². The van der Waals surface area contributed by atoms with Gasteiger partial charge in [0.1, 0.15) is 6.61 Å². The smallest absolute Gasteiger partial charge is 0.407 e. The van der Waals surface area contributed by atoms with E-state index in [1.54, 1.807) is 18.3 Å². The highest BCUT2D eigenvalue weighted by Gasteiger charge is 2.28. The molecule has 1 aliphatic carbocycles. The molecule has 0 saturated carbocycles. The summed E-state index contributed by atoms with van der Waals surface area (Å²) < 4.78 is 5.51. The van der Waals surface area contributed by atoms with Gasteiger partial charge in [0, 0.05) is 18.7 Å². The van der Waals surface area contributed by atoms with Gasteiger partial charge in [-0.15, -0.1) is 0 Å². The normalized spacial score (nSPS) is 12.6. The predicted molar refractivity (Wildman–Crippen MR) is 121 cm³/mol. The Labute approximate surface area is 185 Å². The quantitative estimate of drug-likeness (QED) is 0.457. The molecular formula is C24H20Cl2N2O2. The van der Waals surface area contributed by atoms with Gasteiger partial charge in [-0.25, -0.2) is 4.79 Å². The van der Waals surface area contributed by atoms with Gasteiger partial charge in [0.2, 0.25) is 0 Å². The van der Waals surface area contributed by atoms with Crippen LogP contribution in [0, 0.1) is 0 Å². The van der Waals surface area contributed by atoms with Crippen LogP contribution in [0.5, 0.6) is 0 Å². The number of rotatable bonds is 6. The lowest BCUT2D eigenvalue weighted by atomic mass is 9.98. The third kappa shape index (κ3) is 4.50. The first-order valence-corrected chi connectivity index (χ1v) is 10.5. The summed E-state index contributed by atoms with van der Waals surface area (Å²) in [6.07, 6.45) is 5.45. The second kappa shape index (κ2) is 9.33. The van der Waals surface area contributed by atoms with Crippen molar-refractivity contribution in [1.82, 2.24) is 10.3 Å². The number of carbonyl (C=O) groups excluding carboxylic acids is 1. The molecule has 1 N–H and O–H groups in total. The Morgan fingerprint density at radius 3 is 2.40 bits per heavy atom. The van der Waals surface area contributed by atoms with Gasteiger partial charge in [-0.3, -0.25) is 4.98 Å². The minimum absolute atomic E-state index is 0.0566. The molecule has 3 aromatic rings. The molecule has 30 heavy (non-hydrogen) atoms. The standard InChI is InChI=1S/C24H20Cl2N2O2/c25-16-13-22(26)23(28-14-16)11-5-6-12-27-24(29)30-15-21-19-9-3-1-7-17(19)18-8-2-4-10-20(18)21/h1-5,7-11,13-14,21H,6,12,15H2,(H,27,29). The lowest BCUT2D eigenvalue weighted by Crippen LogP contribution is -2.26. The summed E-state index contributed by atoms with van der Waals surface area (Å²) in [7, 11) is 0. The Hall–Kier alpha value is -2.82. The zero-order valence-electron chi connectivity index (χ0n) is 16.1. The maximum Gasteiger partial charge on any atom is 0.407 e. The summed E-state index contributed by atoms with van der Waals surface area (Å²) in [6.45, 7) is 0.762. The fourth-order valence-corrected chi connectivity index (χ4v) is 4.09. The number of fused-ring (bicyclic) bond motifs is 3. The number of amides is 1. The van der Waals surface area contributed by atoms with Gasteiger partial charge in [-0.2, -0.15) is 0 Å². The maximum absolute atomic E-state index is 12.1. The molecule has 0 saturated heterocycles. The van der Waals surface area contributed by atoms with Gasteiger partial charge in [0.15, 0.2) is 0 Å². The van der Waals surface area contributed by atoms with E-state index < -0.39 is 6.09 Å². The monoisotopic (exact) mass is 438 g/mol. The van der Waals surface area contributed by atoms with E-state index in [-0.39, 0.29) is 5.92 Å². The summed E-state index contributed by atoms with van der Waals surface area (Å²) in [5.41, 5.74) is 5.45. The first-order valence-electron chi connectivity index (χ1n) is 9.70. The molecule has 4 nitrogen and oxygen atoms in total. The summed E-state index contributed by atoms with van der Waals surface area (Å²) in [5.74, 6) is 0.0566. The Morgan fingerprint density at radius 2 is 1.73 bits per heavy atom. The molecule has 1 aromatic heterocycles. The number of carbonyl (C=O) groups is 1. The molecule has 0 bridgehead atoms. The average molecular weight is 439 g/mol. The lowest BCUT2D eigenvalue weighted by Gasteiger charge is -2.14. The number of alkyl carbamates (subject to hydrolysis) is 1. The van der Waals surface area contributed by atoms with Gasteiger partial charge in [0.05, 0.1) is 15.7 Å². The average Bonchev–Trinajstić information content (AvgIpc) is 3.07. The number of nitrogens with one attached hydrogen (secondary N) is 1. The molecular weight excluding hydrogens is 419 g/mol. The van der Waals surface area contributed by atoms with Crippen molar-refractivity contribution in [3.05, 3.63) is 93.7 Å². The summed E-state index contributed by atoms with van der Waals surface area (Å²) in [5, 5.41) is 3.76. The zero-order chi connectivity index (χ0) is 20.9.